The number of carbonyl (C=O) groups is 1. The molecule has 3 heteroatoms. The number of hydrogen-bond donors (Lipinski definition) is 1. The van der Waals surface area contributed by atoms with Crippen LogP contribution in [0.2, 0.25) is 0 Å². The van der Waals surface area contributed by atoms with E-state index in [1.165, 1.54) is 12.1 Å². The molecule has 1 N–H and O–H groups in total. The van der Waals surface area contributed by atoms with Crippen molar-refractivity contribution in [3.05, 3.63) is 71.0 Å². The highest BCUT2D eigenvalue weighted by molar-refractivity contribution is 5.75. The average Bonchev–Trinajstić information content (AvgIpc) is 2.39. The molecule has 98 valence electrons. The quantitative estimate of drug-likeness (QED) is 0.909. The molecule has 1 atom stereocenters. The van der Waals surface area contributed by atoms with Crippen molar-refractivity contribution in [3.63, 3.8) is 0 Å². The van der Waals surface area contributed by atoms with Crippen LogP contribution in [0.1, 0.15) is 29.5 Å². The monoisotopic (exact) mass is 258 g/mol. The molecule has 0 aliphatic rings. The van der Waals surface area contributed by atoms with Crippen LogP contribution < -0.4 is 0 Å². The number of carboxylic acid groups (broad SMARTS) is 1. The van der Waals surface area contributed by atoms with Crippen molar-refractivity contribution in [3.8, 4) is 0 Å². The van der Waals surface area contributed by atoms with Gasteiger partial charge < -0.3 is 5.11 Å². The fourth-order valence-electron chi connectivity index (χ4n) is 1.95. The Balaban J connectivity index is 2.13. The van der Waals surface area contributed by atoms with Crippen molar-refractivity contribution < 1.29 is 14.3 Å². The predicted molar refractivity (Wildman–Crippen MR) is 71.7 cm³/mol. The SMILES string of the molecule is CC(C(=O)O)c1ccc(Cc2cccc(F)c2)cc1. The molecule has 0 spiro atoms. The molecule has 2 rings (SSSR count). The van der Waals surface area contributed by atoms with E-state index < -0.39 is 11.9 Å². The van der Waals surface area contributed by atoms with Crippen LogP contribution in [0.4, 0.5) is 4.39 Å². The van der Waals surface area contributed by atoms with Gasteiger partial charge in [0.1, 0.15) is 5.82 Å². The molecular formula is C16H15FO2. The maximum absolute atomic E-state index is 13.1. The summed E-state index contributed by atoms with van der Waals surface area (Å²) >= 11 is 0. The van der Waals surface area contributed by atoms with Gasteiger partial charge in [0.15, 0.2) is 0 Å². The largest absolute Gasteiger partial charge is 0.481 e. The van der Waals surface area contributed by atoms with E-state index in [1.54, 1.807) is 13.0 Å². The molecule has 2 aromatic rings. The fraction of sp³-hybridized carbons (Fsp3) is 0.188. The minimum Gasteiger partial charge on any atom is -0.481 e. The van der Waals surface area contributed by atoms with Gasteiger partial charge in [-0.15, -0.1) is 0 Å². The van der Waals surface area contributed by atoms with Crippen LogP contribution >= 0.6 is 0 Å². The first-order valence-electron chi connectivity index (χ1n) is 6.12. The molecule has 1 unspecified atom stereocenters. The number of carboxylic acids is 1. The lowest BCUT2D eigenvalue weighted by atomic mass is 9.98. The van der Waals surface area contributed by atoms with Crippen LogP contribution in [-0.2, 0) is 11.2 Å². The summed E-state index contributed by atoms with van der Waals surface area (Å²) in [6.07, 6.45) is 0.638. The molecule has 0 radical (unpaired) electrons. The lowest BCUT2D eigenvalue weighted by Crippen LogP contribution is -2.07. The number of benzene rings is 2. The number of halogens is 1. The Kier molecular flexibility index (Phi) is 3.95. The van der Waals surface area contributed by atoms with Gasteiger partial charge in [0, 0.05) is 0 Å². The summed E-state index contributed by atoms with van der Waals surface area (Å²) in [6.45, 7) is 1.66. The molecule has 0 heterocycles. The highest BCUT2D eigenvalue weighted by Gasteiger charge is 2.12. The fourth-order valence-corrected chi connectivity index (χ4v) is 1.95. The molecule has 2 nitrogen and oxygen atoms in total. The van der Waals surface area contributed by atoms with E-state index in [2.05, 4.69) is 0 Å². The van der Waals surface area contributed by atoms with Crippen LogP contribution in [0.5, 0.6) is 0 Å². The summed E-state index contributed by atoms with van der Waals surface area (Å²) in [4.78, 5) is 10.9. The summed E-state index contributed by atoms with van der Waals surface area (Å²) in [6, 6.07) is 13.9. The maximum Gasteiger partial charge on any atom is 0.310 e. The van der Waals surface area contributed by atoms with E-state index in [1.807, 2.05) is 30.3 Å². The Hall–Kier alpha value is -2.16. The van der Waals surface area contributed by atoms with Gasteiger partial charge in [0.25, 0.3) is 0 Å². The van der Waals surface area contributed by atoms with Gasteiger partial charge in [0.2, 0.25) is 0 Å². The predicted octanol–water partition coefficient (Wildman–Crippen LogP) is 3.60. The zero-order valence-corrected chi connectivity index (χ0v) is 10.6. The molecule has 0 amide bonds. The van der Waals surface area contributed by atoms with Crippen molar-refractivity contribution in [2.24, 2.45) is 0 Å². The number of aliphatic carboxylic acids is 1. The van der Waals surface area contributed by atoms with Gasteiger partial charge in [0.05, 0.1) is 5.92 Å². The zero-order chi connectivity index (χ0) is 13.8. The second-order valence-electron chi connectivity index (χ2n) is 4.61. The van der Waals surface area contributed by atoms with E-state index in [0.717, 1.165) is 16.7 Å². The third kappa shape index (κ3) is 3.41. The Morgan fingerprint density at radius 1 is 1.16 bits per heavy atom. The van der Waals surface area contributed by atoms with Gasteiger partial charge in [-0.25, -0.2) is 4.39 Å². The van der Waals surface area contributed by atoms with Crippen molar-refractivity contribution >= 4 is 5.97 Å². The van der Waals surface area contributed by atoms with E-state index in [-0.39, 0.29) is 5.82 Å². The second kappa shape index (κ2) is 5.65. The van der Waals surface area contributed by atoms with E-state index in [9.17, 15) is 9.18 Å². The molecule has 2 aromatic carbocycles. The summed E-state index contributed by atoms with van der Waals surface area (Å²) in [5.41, 5.74) is 2.71. The standard InChI is InChI=1S/C16H15FO2/c1-11(16(18)19)14-7-5-12(6-8-14)9-13-3-2-4-15(17)10-13/h2-8,10-11H,9H2,1H3,(H,18,19). The van der Waals surface area contributed by atoms with Crippen LogP contribution in [0.15, 0.2) is 48.5 Å². The van der Waals surface area contributed by atoms with Crippen molar-refractivity contribution in [1.82, 2.24) is 0 Å². The molecule has 0 saturated heterocycles. The van der Waals surface area contributed by atoms with E-state index >= 15 is 0 Å². The van der Waals surface area contributed by atoms with Crippen LogP contribution in [0.25, 0.3) is 0 Å². The summed E-state index contributed by atoms with van der Waals surface area (Å²) in [5, 5.41) is 8.93. The second-order valence-corrected chi connectivity index (χ2v) is 4.61. The average molecular weight is 258 g/mol. The Morgan fingerprint density at radius 3 is 2.42 bits per heavy atom. The van der Waals surface area contributed by atoms with E-state index in [0.29, 0.717) is 6.42 Å². The van der Waals surface area contributed by atoms with Gasteiger partial charge in [-0.2, -0.15) is 0 Å². The lowest BCUT2D eigenvalue weighted by molar-refractivity contribution is -0.138. The number of rotatable bonds is 4. The van der Waals surface area contributed by atoms with Gasteiger partial charge in [-0.1, -0.05) is 36.4 Å². The van der Waals surface area contributed by atoms with E-state index in [4.69, 9.17) is 5.11 Å². The summed E-state index contributed by atoms with van der Waals surface area (Å²) in [5.74, 6) is -1.59. The first-order chi connectivity index (χ1) is 9.06. The van der Waals surface area contributed by atoms with Crippen LogP contribution in [-0.4, -0.2) is 11.1 Å². The molecule has 0 fully saturated rings. The third-order valence-electron chi connectivity index (χ3n) is 3.15. The maximum atomic E-state index is 13.1. The van der Waals surface area contributed by atoms with Gasteiger partial charge in [-0.3, -0.25) is 4.79 Å². The lowest BCUT2D eigenvalue weighted by Gasteiger charge is -2.08. The minimum absolute atomic E-state index is 0.242. The molecule has 0 aliphatic heterocycles. The first-order valence-corrected chi connectivity index (χ1v) is 6.12. The highest BCUT2D eigenvalue weighted by Crippen LogP contribution is 2.18. The zero-order valence-electron chi connectivity index (χ0n) is 10.6. The smallest absolute Gasteiger partial charge is 0.310 e. The Bertz CT molecular complexity index is 576. The van der Waals surface area contributed by atoms with Crippen LogP contribution in [0, 0.1) is 5.82 Å². The van der Waals surface area contributed by atoms with Crippen LogP contribution in [0.3, 0.4) is 0 Å². The third-order valence-corrected chi connectivity index (χ3v) is 3.15. The van der Waals surface area contributed by atoms with Gasteiger partial charge >= 0.3 is 5.97 Å². The van der Waals surface area contributed by atoms with Crippen molar-refractivity contribution in [2.75, 3.05) is 0 Å². The molecular weight excluding hydrogens is 243 g/mol. The highest BCUT2D eigenvalue weighted by atomic mass is 19.1. The van der Waals surface area contributed by atoms with Gasteiger partial charge in [-0.05, 0) is 42.2 Å². The summed E-state index contributed by atoms with van der Waals surface area (Å²) in [7, 11) is 0. The molecule has 0 aromatic heterocycles. The molecule has 0 bridgehead atoms. The Labute approximate surface area is 111 Å². The first kappa shape index (κ1) is 13.3. The van der Waals surface area contributed by atoms with Crippen molar-refractivity contribution in [2.45, 2.75) is 19.3 Å². The normalized spacial score (nSPS) is 12.1. The molecule has 19 heavy (non-hydrogen) atoms. The Morgan fingerprint density at radius 2 is 1.84 bits per heavy atom. The topological polar surface area (TPSA) is 37.3 Å². The molecule has 0 saturated carbocycles. The minimum atomic E-state index is -0.835. The number of hydrogen-bond acceptors (Lipinski definition) is 1. The molecule has 0 aliphatic carbocycles. The van der Waals surface area contributed by atoms with Crippen molar-refractivity contribution in [1.29, 1.82) is 0 Å². The summed E-state index contributed by atoms with van der Waals surface area (Å²) < 4.78 is 13.1.